The van der Waals surface area contributed by atoms with Gasteiger partial charge in [-0.25, -0.2) is 9.78 Å². The molecule has 3 N–H and O–H groups in total. The van der Waals surface area contributed by atoms with Gasteiger partial charge in [-0.15, -0.1) is 11.3 Å². The van der Waals surface area contributed by atoms with Gasteiger partial charge >= 0.3 is 6.03 Å². The standard InChI is InChI=1S/C20H26N4O2S/c1-14-22-18(13-27-14)15-6-5-9-17(12-15)23-19(25)10-11-21-20(26)24-16-7-3-2-4-8-16/h5-6,9,12-13,16H,2-4,7-8,10-11H2,1H3,(H,23,25)(H2,21,24,26). The number of aromatic nitrogens is 1. The first-order valence-electron chi connectivity index (χ1n) is 9.47. The summed E-state index contributed by atoms with van der Waals surface area (Å²) in [7, 11) is 0. The van der Waals surface area contributed by atoms with Crippen LogP contribution in [0.2, 0.25) is 0 Å². The molecule has 0 bridgehead atoms. The number of benzene rings is 1. The van der Waals surface area contributed by atoms with Gasteiger partial charge in [0.1, 0.15) is 0 Å². The van der Waals surface area contributed by atoms with E-state index in [-0.39, 0.29) is 24.4 Å². The number of nitrogens with one attached hydrogen (secondary N) is 3. The van der Waals surface area contributed by atoms with E-state index in [2.05, 4.69) is 20.9 Å². The van der Waals surface area contributed by atoms with Crippen molar-refractivity contribution in [2.75, 3.05) is 11.9 Å². The number of carbonyl (C=O) groups is 2. The minimum absolute atomic E-state index is 0.125. The molecule has 0 atom stereocenters. The van der Waals surface area contributed by atoms with Crippen LogP contribution in [0.25, 0.3) is 11.3 Å². The van der Waals surface area contributed by atoms with Crippen molar-refractivity contribution < 1.29 is 9.59 Å². The fraction of sp³-hybridized carbons (Fsp3) is 0.450. The molecule has 27 heavy (non-hydrogen) atoms. The Morgan fingerprint density at radius 3 is 2.78 bits per heavy atom. The number of urea groups is 1. The zero-order valence-electron chi connectivity index (χ0n) is 15.6. The number of thiazole rings is 1. The minimum atomic E-state index is -0.185. The van der Waals surface area contributed by atoms with E-state index in [1.165, 1.54) is 19.3 Å². The van der Waals surface area contributed by atoms with Crippen LogP contribution in [0.5, 0.6) is 0 Å². The Hall–Kier alpha value is -2.41. The highest BCUT2D eigenvalue weighted by Crippen LogP contribution is 2.24. The first-order valence-corrected chi connectivity index (χ1v) is 10.3. The van der Waals surface area contributed by atoms with Crippen LogP contribution < -0.4 is 16.0 Å². The van der Waals surface area contributed by atoms with Gasteiger partial charge in [-0.2, -0.15) is 0 Å². The molecule has 1 aromatic carbocycles. The number of hydrogen-bond donors (Lipinski definition) is 3. The van der Waals surface area contributed by atoms with Gasteiger partial charge in [-0.05, 0) is 31.9 Å². The van der Waals surface area contributed by atoms with E-state index >= 15 is 0 Å². The molecule has 1 saturated carbocycles. The SMILES string of the molecule is Cc1nc(-c2cccc(NC(=O)CCNC(=O)NC3CCCCC3)c2)cs1. The Balaban J connectivity index is 1.42. The topological polar surface area (TPSA) is 83.1 Å². The second-order valence-corrected chi connectivity index (χ2v) is 7.93. The van der Waals surface area contributed by atoms with Crippen molar-refractivity contribution in [3.05, 3.63) is 34.7 Å². The zero-order chi connectivity index (χ0) is 19.1. The van der Waals surface area contributed by atoms with Gasteiger partial charge in [-0.3, -0.25) is 4.79 Å². The average Bonchev–Trinajstić information content (AvgIpc) is 3.09. The summed E-state index contributed by atoms with van der Waals surface area (Å²) in [4.78, 5) is 28.5. The fourth-order valence-corrected chi connectivity index (χ4v) is 3.87. The zero-order valence-corrected chi connectivity index (χ0v) is 16.4. The van der Waals surface area contributed by atoms with E-state index in [1.807, 2.05) is 36.6 Å². The third-order valence-corrected chi connectivity index (χ3v) is 5.41. The summed E-state index contributed by atoms with van der Waals surface area (Å²) in [6.45, 7) is 2.28. The third kappa shape index (κ3) is 6.06. The van der Waals surface area contributed by atoms with Crippen LogP contribution in [0.15, 0.2) is 29.6 Å². The van der Waals surface area contributed by atoms with Gasteiger partial charge in [0.2, 0.25) is 5.91 Å². The van der Waals surface area contributed by atoms with Crippen LogP contribution in [0.1, 0.15) is 43.5 Å². The summed E-state index contributed by atoms with van der Waals surface area (Å²) in [6, 6.07) is 7.72. The fourth-order valence-electron chi connectivity index (χ4n) is 3.25. The Kier molecular flexibility index (Phi) is 6.81. The van der Waals surface area contributed by atoms with Gasteiger partial charge in [0.25, 0.3) is 0 Å². The number of nitrogens with zero attached hydrogens (tertiary/aromatic N) is 1. The second-order valence-electron chi connectivity index (χ2n) is 6.87. The summed E-state index contributed by atoms with van der Waals surface area (Å²) in [5.41, 5.74) is 2.62. The Morgan fingerprint density at radius 2 is 2.04 bits per heavy atom. The molecule has 0 spiro atoms. The minimum Gasteiger partial charge on any atom is -0.338 e. The normalized spacial score (nSPS) is 14.6. The number of hydrogen-bond acceptors (Lipinski definition) is 4. The molecule has 0 radical (unpaired) electrons. The van der Waals surface area contributed by atoms with Crippen LogP contribution in [0.3, 0.4) is 0 Å². The Bertz CT molecular complexity index is 784. The van der Waals surface area contributed by atoms with E-state index in [0.29, 0.717) is 6.54 Å². The van der Waals surface area contributed by atoms with Crippen molar-refractivity contribution >= 4 is 29.0 Å². The molecule has 1 aromatic heterocycles. The largest absolute Gasteiger partial charge is 0.338 e. The van der Waals surface area contributed by atoms with E-state index in [0.717, 1.165) is 34.8 Å². The number of rotatable bonds is 6. The van der Waals surface area contributed by atoms with Crippen LogP contribution in [0.4, 0.5) is 10.5 Å². The van der Waals surface area contributed by atoms with Crippen molar-refractivity contribution in [2.24, 2.45) is 0 Å². The first kappa shape index (κ1) is 19.4. The van der Waals surface area contributed by atoms with Crippen molar-refractivity contribution in [1.29, 1.82) is 0 Å². The Morgan fingerprint density at radius 1 is 1.22 bits per heavy atom. The van der Waals surface area contributed by atoms with E-state index < -0.39 is 0 Å². The lowest BCUT2D eigenvalue weighted by atomic mass is 9.96. The van der Waals surface area contributed by atoms with Crippen molar-refractivity contribution in [2.45, 2.75) is 51.5 Å². The number of anilines is 1. The van der Waals surface area contributed by atoms with E-state index in [1.54, 1.807) is 11.3 Å². The van der Waals surface area contributed by atoms with E-state index in [4.69, 9.17) is 0 Å². The molecule has 7 heteroatoms. The van der Waals surface area contributed by atoms with Crippen molar-refractivity contribution in [1.82, 2.24) is 15.6 Å². The molecule has 0 saturated heterocycles. The lowest BCUT2D eigenvalue weighted by molar-refractivity contribution is -0.116. The monoisotopic (exact) mass is 386 g/mol. The Labute approximate surface area is 163 Å². The highest BCUT2D eigenvalue weighted by Gasteiger charge is 2.15. The molecule has 3 amide bonds. The summed E-state index contributed by atoms with van der Waals surface area (Å²) in [5.74, 6) is -0.125. The summed E-state index contributed by atoms with van der Waals surface area (Å²) in [5, 5.41) is 11.6. The predicted octanol–water partition coefficient (Wildman–Crippen LogP) is 4.08. The van der Waals surface area contributed by atoms with Crippen molar-refractivity contribution in [3.63, 3.8) is 0 Å². The maximum Gasteiger partial charge on any atom is 0.315 e. The number of carbonyl (C=O) groups excluding carboxylic acids is 2. The smallest absolute Gasteiger partial charge is 0.315 e. The van der Waals surface area contributed by atoms with Crippen LogP contribution in [-0.4, -0.2) is 29.5 Å². The maximum atomic E-state index is 12.1. The molecule has 1 heterocycles. The van der Waals surface area contributed by atoms with Crippen LogP contribution in [-0.2, 0) is 4.79 Å². The van der Waals surface area contributed by atoms with E-state index in [9.17, 15) is 9.59 Å². The lowest BCUT2D eigenvalue weighted by Gasteiger charge is -2.22. The predicted molar refractivity (Wildman–Crippen MR) is 109 cm³/mol. The lowest BCUT2D eigenvalue weighted by Crippen LogP contribution is -2.43. The second kappa shape index (κ2) is 9.50. The highest BCUT2D eigenvalue weighted by atomic mass is 32.1. The molecule has 1 fully saturated rings. The van der Waals surface area contributed by atoms with Crippen LogP contribution >= 0.6 is 11.3 Å². The number of aryl methyl sites for hydroxylation is 1. The molecule has 6 nitrogen and oxygen atoms in total. The molecular weight excluding hydrogens is 360 g/mol. The quantitative estimate of drug-likeness (QED) is 0.699. The molecular formula is C20H26N4O2S. The van der Waals surface area contributed by atoms with Gasteiger partial charge in [0, 0.05) is 35.6 Å². The maximum absolute atomic E-state index is 12.1. The van der Waals surface area contributed by atoms with Gasteiger partial charge in [0.15, 0.2) is 0 Å². The highest BCUT2D eigenvalue weighted by molar-refractivity contribution is 7.09. The van der Waals surface area contributed by atoms with Crippen molar-refractivity contribution in [3.8, 4) is 11.3 Å². The molecule has 0 unspecified atom stereocenters. The van der Waals surface area contributed by atoms with Crippen LogP contribution in [0, 0.1) is 6.92 Å². The van der Waals surface area contributed by atoms with Gasteiger partial charge < -0.3 is 16.0 Å². The summed E-state index contributed by atoms with van der Waals surface area (Å²) < 4.78 is 0. The molecule has 2 aromatic rings. The molecule has 1 aliphatic carbocycles. The third-order valence-electron chi connectivity index (χ3n) is 4.64. The molecule has 3 rings (SSSR count). The number of amides is 3. The summed E-state index contributed by atoms with van der Waals surface area (Å²) >= 11 is 1.60. The van der Waals surface area contributed by atoms with Gasteiger partial charge in [0.05, 0.1) is 10.7 Å². The van der Waals surface area contributed by atoms with Gasteiger partial charge in [-0.1, -0.05) is 31.4 Å². The summed E-state index contributed by atoms with van der Waals surface area (Å²) in [6.07, 6.45) is 5.92. The first-order chi connectivity index (χ1) is 13.1. The molecule has 144 valence electrons. The molecule has 1 aliphatic rings. The molecule has 0 aliphatic heterocycles. The average molecular weight is 387 g/mol.